The molecule has 5 rings (SSSR count). The van der Waals surface area contributed by atoms with E-state index in [0.29, 0.717) is 11.5 Å². The van der Waals surface area contributed by atoms with Crippen LogP contribution >= 0.6 is 0 Å². The third kappa shape index (κ3) is 2.68. The van der Waals surface area contributed by atoms with Gasteiger partial charge in [0.2, 0.25) is 0 Å². The number of H-pyrrole nitrogens is 1. The van der Waals surface area contributed by atoms with Crippen molar-refractivity contribution in [2.24, 2.45) is 7.05 Å². The number of carbonyl (C=O) groups is 1. The number of benzene rings is 2. The van der Waals surface area contributed by atoms with Crippen LogP contribution in [0.2, 0.25) is 0 Å². The molecule has 0 aliphatic carbocycles. The summed E-state index contributed by atoms with van der Waals surface area (Å²) in [7, 11) is 1.84. The monoisotopic (exact) mass is 359 g/mol. The van der Waals surface area contributed by atoms with Crippen LogP contribution in [-0.4, -0.2) is 43.9 Å². The Hall–Kier alpha value is -3.15. The first-order valence-corrected chi connectivity index (χ1v) is 9.35. The van der Waals surface area contributed by atoms with E-state index in [1.165, 1.54) is 10.9 Å². The van der Waals surface area contributed by atoms with Crippen LogP contribution in [0.4, 0.5) is 0 Å². The van der Waals surface area contributed by atoms with E-state index in [1.54, 1.807) is 4.68 Å². The summed E-state index contributed by atoms with van der Waals surface area (Å²) < 4.78 is 1.71. The molecule has 1 atom stereocenters. The van der Waals surface area contributed by atoms with Crippen molar-refractivity contribution in [3.63, 3.8) is 0 Å². The van der Waals surface area contributed by atoms with Gasteiger partial charge in [-0.2, -0.15) is 0 Å². The summed E-state index contributed by atoms with van der Waals surface area (Å²) in [5.74, 6) is 0.448. The zero-order chi connectivity index (χ0) is 18.4. The van der Waals surface area contributed by atoms with Gasteiger partial charge in [-0.25, -0.2) is 4.68 Å². The van der Waals surface area contributed by atoms with Crippen molar-refractivity contribution in [1.29, 1.82) is 0 Å². The highest BCUT2D eigenvalue weighted by molar-refractivity contribution is 5.97. The lowest BCUT2D eigenvalue weighted by atomic mass is 9.90. The first kappa shape index (κ1) is 16.1. The smallest absolute Gasteiger partial charge is 0.253 e. The molecule has 6 heteroatoms. The molecule has 2 aromatic carbocycles. The molecule has 3 heterocycles. The van der Waals surface area contributed by atoms with E-state index in [4.69, 9.17) is 0 Å². The number of aryl methyl sites for hydroxylation is 1. The number of carbonyl (C=O) groups excluding carboxylic acids is 1. The first-order chi connectivity index (χ1) is 13.2. The highest BCUT2D eigenvalue weighted by Gasteiger charge is 2.27. The Kier molecular flexibility index (Phi) is 3.70. The number of aromatic amines is 1. The van der Waals surface area contributed by atoms with Crippen molar-refractivity contribution in [1.82, 2.24) is 24.9 Å². The summed E-state index contributed by atoms with van der Waals surface area (Å²) in [4.78, 5) is 18.5. The van der Waals surface area contributed by atoms with Gasteiger partial charge < -0.3 is 9.88 Å². The maximum absolute atomic E-state index is 13.1. The van der Waals surface area contributed by atoms with E-state index in [9.17, 15) is 4.79 Å². The molecule has 1 amide bonds. The van der Waals surface area contributed by atoms with Gasteiger partial charge in [0.05, 0.1) is 5.52 Å². The summed E-state index contributed by atoms with van der Waals surface area (Å²) in [5, 5.41) is 9.38. The summed E-state index contributed by atoms with van der Waals surface area (Å²) in [6.45, 7) is 1.56. The van der Waals surface area contributed by atoms with E-state index in [0.717, 1.165) is 42.5 Å². The van der Waals surface area contributed by atoms with Crippen molar-refractivity contribution in [2.45, 2.75) is 18.8 Å². The maximum atomic E-state index is 13.1. The minimum atomic E-state index is 0.0858. The molecule has 1 saturated heterocycles. The van der Waals surface area contributed by atoms with Gasteiger partial charge >= 0.3 is 0 Å². The van der Waals surface area contributed by atoms with Gasteiger partial charge in [-0.05, 0) is 42.7 Å². The van der Waals surface area contributed by atoms with Gasteiger partial charge in [-0.1, -0.05) is 23.4 Å². The summed E-state index contributed by atoms with van der Waals surface area (Å²) in [6.07, 6.45) is 4.23. The normalized spacial score (nSPS) is 17.7. The molecule has 1 aliphatic rings. The molecule has 1 N–H and O–H groups in total. The number of para-hydroxylation sites is 1. The zero-order valence-electron chi connectivity index (χ0n) is 15.2. The lowest BCUT2D eigenvalue weighted by Gasteiger charge is -2.33. The fraction of sp³-hybridized carbons (Fsp3) is 0.286. The highest BCUT2D eigenvalue weighted by atomic mass is 16.2. The van der Waals surface area contributed by atoms with Crippen LogP contribution in [0, 0.1) is 0 Å². The molecular weight excluding hydrogens is 338 g/mol. The largest absolute Gasteiger partial charge is 0.361 e. The van der Waals surface area contributed by atoms with Gasteiger partial charge in [0.25, 0.3) is 5.91 Å². The number of aromatic nitrogens is 4. The lowest BCUT2D eigenvalue weighted by molar-refractivity contribution is 0.0707. The van der Waals surface area contributed by atoms with Gasteiger partial charge in [-0.3, -0.25) is 4.79 Å². The fourth-order valence-corrected chi connectivity index (χ4v) is 4.19. The average Bonchev–Trinajstić information content (AvgIpc) is 3.31. The van der Waals surface area contributed by atoms with Crippen LogP contribution in [0.5, 0.6) is 0 Å². The maximum Gasteiger partial charge on any atom is 0.253 e. The molecule has 0 spiro atoms. The Balaban J connectivity index is 1.43. The van der Waals surface area contributed by atoms with Gasteiger partial charge in [0.15, 0.2) is 0 Å². The zero-order valence-corrected chi connectivity index (χ0v) is 15.2. The summed E-state index contributed by atoms with van der Waals surface area (Å²) in [6, 6.07) is 14.0. The van der Waals surface area contributed by atoms with Crippen LogP contribution in [0.25, 0.3) is 21.9 Å². The number of likely N-dealkylation sites (tertiary alicyclic amines) is 1. The fourth-order valence-electron chi connectivity index (χ4n) is 4.19. The topological polar surface area (TPSA) is 66.8 Å². The molecule has 0 bridgehead atoms. The van der Waals surface area contributed by atoms with E-state index in [-0.39, 0.29) is 5.91 Å². The van der Waals surface area contributed by atoms with Crippen LogP contribution in [0.1, 0.15) is 34.7 Å². The number of fused-ring (bicyclic) bond motifs is 2. The molecule has 6 nitrogen and oxygen atoms in total. The average molecular weight is 359 g/mol. The first-order valence-electron chi connectivity index (χ1n) is 9.35. The molecule has 1 fully saturated rings. The number of hydrogen-bond acceptors (Lipinski definition) is 3. The molecule has 0 saturated carbocycles. The second-order valence-corrected chi connectivity index (χ2v) is 7.30. The number of nitrogens with zero attached hydrogens (tertiary/aromatic N) is 4. The predicted molar refractivity (Wildman–Crippen MR) is 105 cm³/mol. The van der Waals surface area contributed by atoms with E-state index >= 15 is 0 Å². The van der Waals surface area contributed by atoms with E-state index in [1.807, 2.05) is 36.2 Å². The standard InChI is InChI=1S/C21H21N5O/c1-25-20-11-14(8-9-19(20)23-24-25)21(27)26-10-4-5-15(13-26)17-12-22-18-7-3-2-6-16(17)18/h2-3,6-9,11-12,15,22H,4-5,10,13H2,1H3. The number of piperidine rings is 1. The van der Waals surface area contributed by atoms with Gasteiger partial charge in [0, 0.05) is 48.7 Å². The molecule has 2 aromatic heterocycles. The third-order valence-electron chi connectivity index (χ3n) is 5.63. The highest BCUT2D eigenvalue weighted by Crippen LogP contribution is 2.32. The van der Waals surface area contributed by atoms with Gasteiger partial charge in [0.1, 0.15) is 5.52 Å². The summed E-state index contributed by atoms with van der Waals surface area (Å²) >= 11 is 0. The predicted octanol–water partition coefficient (Wildman–Crippen LogP) is 3.47. The Morgan fingerprint density at radius 2 is 2.11 bits per heavy atom. The Bertz CT molecular complexity index is 1140. The Morgan fingerprint density at radius 3 is 3.04 bits per heavy atom. The third-order valence-corrected chi connectivity index (χ3v) is 5.63. The quantitative estimate of drug-likeness (QED) is 0.596. The van der Waals surface area contributed by atoms with Crippen molar-refractivity contribution in [2.75, 3.05) is 13.1 Å². The number of hydrogen-bond donors (Lipinski definition) is 1. The van der Waals surface area contributed by atoms with Gasteiger partial charge in [-0.15, -0.1) is 5.10 Å². The lowest BCUT2D eigenvalue weighted by Crippen LogP contribution is -2.39. The van der Waals surface area contributed by atoms with Crippen molar-refractivity contribution in [3.8, 4) is 0 Å². The van der Waals surface area contributed by atoms with E-state index < -0.39 is 0 Å². The molecule has 27 heavy (non-hydrogen) atoms. The van der Waals surface area contributed by atoms with Crippen molar-refractivity contribution < 1.29 is 4.79 Å². The van der Waals surface area contributed by atoms with Crippen molar-refractivity contribution in [3.05, 3.63) is 59.8 Å². The minimum Gasteiger partial charge on any atom is -0.361 e. The molecule has 136 valence electrons. The number of amides is 1. The van der Waals surface area contributed by atoms with Crippen molar-refractivity contribution >= 4 is 27.8 Å². The molecule has 1 aliphatic heterocycles. The molecule has 0 radical (unpaired) electrons. The minimum absolute atomic E-state index is 0.0858. The molecule has 1 unspecified atom stereocenters. The number of rotatable bonds is 2. The van der Waals surface area contributed by atoms with Crippen LogP contribution in [0.15, 0.2) is 48.7 Å². The molecular formula is C21H21N5O. The Labute approximate surface area is 156 Å². The van der Waals surface area contributed by atoms with Crippen LogP contribution < -0.4 is 0 Å². The summed E-state index contributed by atoms with van der Waals surface area (Å²) in [5.41, 5.74) is 4.86. The second-order valence-electron chi connectivity index (χ2n) is 7.30. The number of nitrogens with one attached hydrogen (secondary N) is 1. The van der Waals surface area contributed by atoms with Crippen LogP contribution in [-0.2, 0) is 7.05 Å². The Morgan fingerprint density at radius 1 is 1.22 bits per heavy atom. The second kappa shape index (κ2) is 6.23. The van der Waals surface area contributed by atoms with E-state index in [2.05, 4.69) is 39.7 Å². The molecule has 4 aromatic rings. The SMILES string of the molecule is Cn1nnc2ccc(C(=O)N3CCCC(c4c[nH]c5ccccc45)C3)cc21. The van der Waals surface area contributed by atoms with Crippen LogP contribution in [0.3, 0.4) is 0 Å².